The molecule has 1 fully saturated rings. The third-order valence-electron chi connectivity index (χ3n) is 2.34. The molecule has 3 atom stereocenters. The maximum absolute atomic E-state index is 8.46. The van der Waals surface area contributed by atoms with Gasteiger partial charge in [0, 0.05) is 0 Å². The van der Waals surface area contributed by atoms with Gasteiger partial charge in [-0.25, -0.2) is 9.68 Å². The molecule has 0 spiro atoms. The zero-order valence-corrected chi connectivity index (χ0v) is 7.93. The molecule has 0 bridgehead atoms. The van der Waals surface area contributed by atoms with Crippen molar-refractivity contribution in [3.05, 3.63) is 0 Å². The van der Waals surface area contributed by atoms with Crippen LogP contribution in [-0.4, -0.2) is 50.4 Å². The van der Waals surface area contributed by atoms with Gasteiger partial charge in [0.2, 0.25) is 0 Å². The van der Waals surface area contributed by atoms with Gasteiger partial charge in [-0.3, -0.25) is 20.8 Å². The molecule has 1 aliphatic carbocycles. The van der Waals surface area contributed by atoms with Crippen LogP contribution in [0.3, 0.4) is 0 Å². The van der Waals surface area contributed by atoms with Gasteiger partial charge in [0.25, 0.3) is 0 Å². The van der Waals surface area contributed by atoms with E-state index in [-0.39, 0.29) is 5.92 Å². The number of nitrogens with zero attached hydrogens (tertiary/aromatic N) is 2. The molecule has 0 unspecified atom stereocenters. The first-order valence-electron chi connectivity index (χ1n) is 4.42. The number of nitrogens with two attached hydrogens (primary N) is 1. The molecule has 0 amide bonds. The molecule has 9 nitrogen and oxygen atoms in total. The van der Waals surface area contributed by atoms with Gasteiger partial charge in [0.05, 0.1) is 10.8 Å². The fourth-order valence-corrected chi connectivity index (χ4v) is 1.71. The highest BCUT2D eigenvalue weighted by atomic mass is 17.1. The summed E-state index contributed by atoms with van der Waals surface area (Å²) in [5.41, 5.74) is 5.43. The van der Waals surface area contributed by atoms with Crippen LogP contribution in [-0.2, 0) is 9.68 Å². The van der Waals surface area contributed by atoms with E-state index in [1.54, 1.807) is 0 Å². The van der Waals surface area contributed by atoms with Crippen molar-refractivity contribution in [1.82, 2.24) is 10.8 Å². The molecule has 1 saturated carbocycles. The molecule has 1 aliphatic rings. The second-order valence-electron chi connectivity index (χ2n) is 3.37. The first kappa shape index (κ1) is 12.7. The third-order valence-corrected chi connectivity index (χ3v) is 2.34. The molecule has 15 heavy (non-hydrogen) atoms. The fourth-order valence-electron chi connectivity index (χ4n) is 1.71. The third kappa shape index (κ3) is 3.95. The highest BCUT2D eigenvalue weighted by Gasteiger charge is 2.38. The monoisotopic (exact) mass is 225 g/mol. The number of hydrogen-bond acceptors (Lipinski definition) is 9. The molecule has 0 radical (unpaired) electrons. The Morgan fingerprint density at radius 2 is 1.40 bits per heavy atom. The molecule has 6 N–H and O–H groups in total. The Morgan fingerprint density at radius 3 is 1.67 bits per heavy atom. The molecule has 9 heteroatoms. The van der Waals surface area contributed by atoms with E-state index in [2.05, 4.69) is 9.68 Å². The summed E-state index contributed by atoms with van der Waals surface area (Å²) in [4.78, 5) is 9.14. The molecule has 0 aromatic rings. The maximum atomic E-state index is 8.46. The van der Waals surface area contributed by atoms with E-state index >= 15 is 0 Å². The van der Waals surface area contributed by atoms with E-state index in [0.29, 0.717) is 19.4 Å². The van der Waals surface area contributed by atoms with Crippen LogP contribution in [0.4, 0.5) is 0 Å². The summed E-state index contributed by atoms with van der Waals surface area (Å²) in [7, 11) is 0. The van der Waals surface area contributed by atoms with Gasteiger partial charge in [-0.05, 0) is 25.3 Å². The average Bonchev–Trinajstić information content (AvgIpc) is 2.46. The van der Waals surface area contributed by atoms with Crippen LogP contribution in [0.2, 0.25) is 0 Å². The van der Waals surface area contributed by atoms with E-state index in [1.165, 1.54) is 0 Å². The molecule has 0 aliphatic heterocycles. The predicted octanol–water partition coefficient (Wildman–Crippen LogP) is -0.884. The lowest BCUT2D eigenvalue weighted by molar-refractivity contribution is -0.535. The van der Waals surface area contributed by atoms with Gasteiger partial charge in [0.15, 0.2) is 0 Å². The van der Waals surface area contributed by atoms with Gasteiger partial charge in [0.1, 0.15) is 12.2 Å². The Morgan fingerprint density at radius 1 is 1.00 bits per heavy atom. The van der Waals surface area contributed by atoms with Crippen LogP contribution in [0.5, 0.6) is 0 Å². The quantitative estimate of drug-likeness (QED) is 0.378. The van der Waals surface area contributed by atoms with Crippen molar-refractivity contribution in [2.45, 2.75) is 25.0 Å². The summed E-state index contributed by atoms with van der Waals surface area (Å²) in [5, 5.41) is 33.0. The van der Waals surface area contributed by atoms with Crippen LogP contribution >= 0.6 is 0 Å². The summed E-state index contributed by atoms with van der Waals surface area (Å²) in [6, 6.07) is 0. The van der Waals surface area contributed by atoms with E-state index in [4.69, 9.17) is 26.6 Å². The van der Waals surface area contributed by atoms with Gasteiger partial charge < -0.3 is 5.73 Å². The summed E-state index contributed by atoms with van der Waals surface area (Å²) < 4.78 is 0. The topological polar surface area (TPSA) is 132 Å². The fraction of sp³-hybridized carbons (Fsp3) is 1.00. The molecule has 0 aromatic carbocycles. The summed E-state index contributed by atoms with van der Waals surface area (Å²) in [6.07, 6.45) is -0.523. The van der Waals surface area contributed by atoms with Gasteiger partial charge in [-0.1, -0.05) is 0 Å². The lowest BCUT2D eigenvalue weighted by Gasteiger charge is -2.21. The van der Waals surface area contributed by atoms with Crippen LogP contribution in [0.15, 0.2) is 0 Å². The number of hydrogen-bond donors (Lipinski definition) is 5. The highest BCUT2D eigenvalue weighted by Crippen LogP contribution is 2.30. The van der Waals surface area contributed by atoms with Crippen molar-refractivity contribution in [3.8, 4) is 0 Å². The van der Waals surface area contributed by atoms with Gasteiger partial charge in [-0.2, -0.15) is 0 Å². The Kier molecular flexibility index (Phi) is 4.79. The molecule has 0 heterocycles. The van der Waals surface area contributed by atoms with Gasteiger partial charge >= 0.3 is 0 Å². The molecule has 0 saturated heterocycles. The van der Waals surface area contributed by atoms with E-state index in [9.17, 15) is 0 Å². The first-order valence-corrected chi connectivity index (χ1v) is 4.42. The van der Waals surface area contributed by atoms with Crippen LogP contribution < -0.4 is 5.73 Å². The smallest absolute Gasteiger partial charge is 0.113 e. The highest BCUT2D eigenvalue weighted by molar-refractivity contribution is 4.84. The second-order valence-corrected chi connectivity index (χ2v) is 3.37. The predicted molar refractivity (Wildman–Crippen MR) is 42.3 cm³/mol. The Hall–Kier alpha value is -0.360. The van der Waals surface area contributed by atoms with Crippen molar-refractivity contribution in [2.75, 3.05) is 6.54 Å². The largest absolute Gasteiger partial charge is 0.330 e. The molecular weight excluding hydrogens is 210 g/mol. The van der Waals surface area contributed by atoms with Crippen LogP contribution in [0.25, 0.3) is 0 Å². The maximum Gasteiger partial charge on any atom is 0.113 e. The SMILES string of the molecule is NC[C@H]1C[C@H](ON(O)O)[C@H](ON(O)O)C1. The average molecular weight is 225 g/mol. The molecule has 0 aromatic heterocycles. The Bertz CT molecular complexity index is 174. The van der Waals surface area contributed by atoms with Crippen LogP contribution in [0.1, 0.15) is 12.8 Å². The minimum absolute atomic E-state index is 0.0694. The Labute approximate surface area is 85.5 Å². The van der Waals surface area contributed by atoms with E-state index in [0.717, 1.165) is 0 Å². The zero-order valence-electron chi connectivity index (χ0n) is 7.93. The second kappa shape index (κ2) is 5.65. The summed E-state index contributed by atoms with van der Waals surface area (Å²) >= 11 is 0. The normalized spacial score (nSPS) is 31.8. The van der Waals surface area contributed by atoms with E-state index < -0.39 is 23.0 Å². The lowest BCUT2D eigenvalue weighted by Crippen LogP contribution is -2.35. The summed E-state index contributed by atoms with van der Waals surface area (Å²) in [5.74, 6) is 0.0694. The van der Waals surface area contributed by atoms with Crippen molar-refractivity contribution in [2.24, 2.45) is 11.7 Å². The molecule has 90 valence electrons. The first-order chi connectivity index (χ1) is 7.02. The standard InChI is InChI=1S/C6H15N3O6/c7-3-4-1-5(14-8(10)11)6(2-4)15-9(12)13/h4-6,10-13H,1-3,7H2/t4-,5-,6+. The van der Waals surface area contributed by atoms with E-state index in [1.807, 2.05) is 0 Å². The van der Waals surface area contributed by atoms with Crippen molar-refractivity contribution in [3.63, 3.8) is 0 Å². The van der Waals surface area contributed by atoms with Crippen LogP contribution in [0, 0.1) is 5.92 Å². The van der Waals surface area contributed by atoms with Crippen molar-refractivity contribution < 1.29 is 30.5 Å². The summed E-state index contributed by atoms with van der Waals surface area (Å²) in [6.45, 7) is 0.382. The minimum atomic E-state index is -0.699. The van der Waals surface area contributed by atoms with Gasteiger partial charge in [-0.15, -0.1) is 0 Å². The minimum Gasteiger partial charge on any atom is -0.330 e. The van der Waals surface area contributed by atoms with Crippen molar-refractivity contribution in [1.29, 1.82) is 0 Å². The molecular formula is C6H15N3O6. The number of rotatable bonds is 5. The molecule has 1 rings (SSSR count). The zero-order chi connectivity index (χ0) is 11.4. The van der Waals surface area contributed by atoms with Crippen molar-refractivity contribution >= 4 is 0 Å². The Balaban J connectivity index is 2.49. The lowest BCUT2D eigenvalue weighted by atomic mass is 10.1.